The highest BCUT2D eigenvalue weighted by Crippen LogP contribution is 2.28. The van der Waals surface area contributed by atoms with Crippen molar-refractivity contribution in [3.63, 3.8) is 0 Å². The van der Waals surface area contributed by atoms with Crippen LogP contribution >= 0.6 is 0 Å². The summed E-state index contributed by atoms with van der Waals surface area (Å²) in [5.74, 6) is -1.44. The summed E-state index contributed by atoms with van der Waals surface area (Å²) in [6.45, 7) is 0.425. The monoisotopic (exact) mass is 332 g/mol. The van der Waals surface area contributed by atoms with Gasteiger partial charge in [-0.15, -0.1) is 0 Å². The molecule has 1 amide bonds. The van der Waals surface area contributed by atoms with Crippen molar-refractivity contribution < 1.29 is 24.2 Å². The molecular weight excluding hydrogens is 310 g/mol. The van der Waals surface area contributed by atoms with Crippen LogP contribution in [0, 0.1) is 11.8 Å². The van der Waals surface area contributed by atoms with Crippen molar-refractivity contribution in [3.05, 3.63) is 35.9 Å². The molecule has 0 radical (unpaired) electrons. The molecule has 6 heteroatoms. The zero-order valence-corrected chi connectivity index (χ0v) is 13.9. The van der Waals surface area contributed by atoms with Crippen LogP contribution in [0.5, 0.6) is 11.5 Å². The van der Waals surface area contributed by atoms with Gasteiger partial charge in [-0.1, -0.05) is 18.2 Å². The highest BCUT2D eigenvalue weighted by atomic mass is 16.5. The molecule has 0 unspecified atom stereocenters. The first-order valence-corrected chi connectivity index (χ1v) is 7.91. The molecule has 0 saturated heterocycles. The molecule has 130 valence electrons. The van der Waals surface area contributed by atoms with Gasteiger partial charge in [-0.25, -0.2) is 0 Å². The predicted molar refractivity (Wildman–Crippen MR) is 86.6 cm³/mol. The fourth-order valence-corrected chi connectivity index (χ4v) is 2.86. The molecule has 1 aromatic rings. The largest absolute Gasteiger partial charge is 0.550 e. The molecule has 0 aliphatic heterocycles. The summed E-state index contributed by atoms with van der Waals surface area (Å²) >= 11 is 0. The number of methoxy groups -OCH3 is 2. The molecule has 0 bridgehead atoms. The van der Waals surface area contributed by atoms with Crippen molar-refractivity contribution >= 4 is 11.9 Å². The van der Waals surface area contributed by atoms with E-state index in [2.05, 4.69) is 5.32 Å². The van der Waals surface area contributed by atoms with E-state index < -0.39 is 17.8 Å². The van der Waals surface area contributed by atoms with Crippen molar-refractivity contribution in [3.8, 4) is 11.5 Å². The molecule has 1 aliphatic carbocycles. The average molecular weight is 332 g/mol. The number of carbonyl (C=O) groups excluding carboxylic acids is 2. The predicted octanol–water partition coefficient (Wildman–Crippen LogP) is 0.695. The fraction of sp³-hybridized carbons (Fsp3) is 0.444. The van der Waals surface area contributed by atoms with E-state index in [1.54, 1.807) is 20.3 Å². The summed E-state index contributed by atoms with van der Waals surface area (Å²) < 4.78 is 10.4. The number of carboxylic acid groups (broad SMARTS) is 1. The second-order valence-corrected chi connectivity index (χ2v) is 5.71. The fourth-order valence-electron chi connectivity index (χ4n) is 2.86. The van der Waals surface area contributed by atoms with Gasteiger partial charge in [-0.2, -0.15) is 0 Å². The van der Waals surface area contributed by atoms with Crippen LogP contribution in [0.1, 0.15) is 18.4 Å². The number of carbonyl (C=O) groups is 2. The van der Waals surface area contributed by atoms with Gasteiger partial charge in [0.05, 0.1) is 14.2 Å². The minimum atomic E-state index is -1.17. The van der Waals surface area contributed by atoms with E-state index in [-0.39, 0.29) is 5.91 Å². The number of carboxylic acids is 1. The summed E-state index contributed by atoms with van der Waals surface area (Å²) in [5, 5.41) is 14.0. The van der Waals surface area contributed by atoms with Crippen molar-refractivity contribution in [2.24, 2.45) is 11.8 Å². The third-order valence-corrected chi connectivity index (χ3v) is 4.23. The van der Waals surface area contributed by atoms with Crippen molar-refractivity contribution in [2.75, 3.05) is 20.8 Å². The number of benzene rings is 1. The third kappa shape index (κ3) is 4.28. The van der Waals surface area contributed by atoms with Gasteiger partial charge in [0.1, 0.15) is 0 Å². The molecule has 0 heterocycles. The Morgan fingerprint density at radius 2 is 1.79 bits per heavy atom. The Kier molecular flexibility index (Phi) is 6.23. The quantitative estimate of drug-likeness (QED) is 0.743. The first-order chi connectivity index (χ1) is 11.6. The van der Waals surface area contributed by atoms with E-state index in [1.807, 2.05) is 24.3 Å². The number of amides is 1. The van der Waals surface area contributed by atoms with Gasteiger partial charge < -0.3 is 24.7 Å². The summed E-state index contributed by atoms with van der Waals surface area (Å²) in [7, 11) is 3.14. The zero-order valence-electron chi connectivity index (χ0n) is 13.9. The Bertz CT molecular complexity index is 626. The lowest BCUT2D eigenvalue weighted by Gasteiger charge is -2.28. The lowest BCUT2D eigenvalue weighted by molar-refractivity contribution is -0.313. The standard InChI is InChI=1S/C18H23NO5/c1-23-15-8-7-12(11-16(15)24-2)9-10-19-17(20)13-5-3-4-6-14(13)18(21)22/h3-4,7-8,11,13-14H,5-6,9-10H2,1-2H3,(H,19,20)(H,21,22)/p-1/t13-,14+/m1/s1. The van der Waals surface area contributed by atoms with Crippen LogP contribution < -0.4 is 19.9 Å². The smallest absolute Gasteiger partial charge is 0.224 e. The minimum absolute atomic E-state index is 0.242. The van der Waals surface area contributed by atoms with Crippen LogP contribution in [0.2, 0.25) is 0 Å². The minimum Gasteiger partial charge on any atom is -0.550 e. The van der Waals surface area contributed by atoms with Crippen molar-refractivity contribution in [1.82, 2.24) is 5.32 Å². The normalized spacial score (nSPS) is 19.6. The van der Waals surface area contributed by atoms with Gasteiger partial charge in [0.2, 0.25) is 5.91 Å². The van der Waals surface area contributed by atoms with Crippen LogP contribution in [0.4, 0.5) is 0 Å². The molecule has 2 rings (SSSR count). The van der Waals surface area contributed by atoms with Gasteiger partial charge in [0.15, 0.2) is 11.5 Å². The second kappa shape index (κ2) is 8.38. The molecule has 1 aliphatic rings. The van der Waals surface area contributed by atoms with Crippen LogP contribution in [-0.2, 0) is 16.0 Å². The van der Waals surface area contributed by atoms with Gasteiger partial charge >= 0.3 is 0 Å². The Morgan fingerprint density at radius 3 is 2.42 bits per heavy atom. The van der Waals surface area contributed by atoms with Gasteiger partial charge in [-0.3, -0.25) is 4.79 Å². The van der Waals surface area contributed by atoms with Crippen LogP contribution in [0.25, 0.3) is 0 Å². The van der Waals surface area contributed by atoms with Crippen LogP contribution in [0.15, 0.2) is 30.4 Å². The number of hydrogen-bond donors (Lipinski definition) is 1. The van der Waals surface area contributed by atoms with E-state index in [9.17, 15) is 14.7 Å². The van der Waals surface area contributed by atoms with E-state index in [0.29, 0.717) is 37.3 Å². The van der Waals surface area contributed by atoms with Crippen LogP contribution in [-0.4, -0.2) is 32.6 Å². The van der Waals surface area contributed by atoms with E-state index in [4.69, 9.17) is 9.47 Å². The van der Waals surface area contributed by atoms with E-state index in [1.165, 1.54) is 0 Å². The van der Waals surface area contributed by atoms with Crippen LogP contribution in [0.3, 0.4) is 0 Å². The number of ether oxygens (including phenoxy) is 2. The number of hydrogen-bond acceptors (Lipinski definition) is 5. The Labute approximate surface area is 141 Å². The maximum atomic E-state index is 12.2. The van der Waals surface area contributed by atoms with E-state index >= 15 is 0 Å². The van der Waals surface area contributed by atoms with Gasteiger partial charge in [0, 0.05) is 24.3 Å². The zero-order chi connectivity index (χ0) is 17.5. The lowest BCUT2D eigenvalue weighted by Crippen LogP contribution is -2.44. The molecule has 1 N–H and O–H groups in total. The molecule has 1 aromatic carbocycles. The number of rotatable bonds is 7. The highest BCUT2D eigenvalue weighted by Gasteiger charge is 2.29. The summed E-state index contributed by atoms with van der Waals surface area (Å²) in [6.07, 6.45) is 5.02. The summed E-state index contributed by atoms with van der Waals surface area (Å²) in [6, 6.07) is 5.58. The number of allylic oxidation sites excluding steroid dienone is 2. The molecule has 0 saturated carbocycles. The Hall–Kier alpha value is -2.50. The SMILES string of the molecule is COc1ccc(CCNC(=O)[C@@H]2CC=CC[C@@H]2C(=O)[O-])cc1OC. The maximum absolute atomic E-state index is 12.2. The van der Waals surface area contributed by atoms with Gasteiger partial charge in [-0.05, 0) is 37.0 Å². The summed E-state index contributed by atoms with van der Waals surface area (Å²) in [4.78, 5) is 23.4. The van der Waals surface area contributed by atoms with Crippen molar-refractivity contribution in [1.29, 1.82) is 0 Å². The lowest BCUT2D eigenvalue weighted by atomic mass is 9.82. The molecule has 0 aromatic heterocycles. The Morgan fingerprint density at radius 1 is 1.12 bits per heavy atom. The number of nitrogens with one attached hydrogen (secondary N) is 1. The molecule has 0 spiro atoms. The molecule has 24 heavy (non-hydrogen) atoms. The molecule has 6 nitrogen and oxygen atoms in total. The number of aliphatic carboxylic acids is 1. The molecule has 0 fully saturated rings. The topological polar surface area (TPSA) is 87.7 Å². The highest BCUT2D eigenvalue weighted by molar-refractivity contribution is 5.84. The van der Waals surface area contributed by atoms with Gasteiger partial charge in [0.25, 0.3) is 0 Å². The van der Waals surface area contributed by atoms with E-state index in [0.717, 1.165) is 5.56 Å². The molecular formula is C18H22NO5-. The summed E-state index contributed by atoms with van der Waals surface area (Å²) in [5.41, 5.74) is 0.993. The maximum Gasteiger partial charge on any atom is 0.224 e. The molecule has 2 atom stereocenters. The van der Waals surface area contributed by atoms with Crippen molar-refractivity contribution in [2.45, 2.75) is 19.3 Å². The second-order valence-electron chi connectivity index (χ2n) is 5.71. The first kappa shape index (κ1) is 17.8. The first-order valence-electron chi connectivity index (χ1n) is 7.91. The average Bonchev–Trinajstić information content (AvgIpc) is 2.61. The third-order valence-electron chi connectivity index (χ3n) is 4.23. The Balaban J connectivity index is 1.90.